The SMILES string of the molecule is CC(N)c1ccnc(N2CCCN(CCO)CC2)c1. The summed E-state index contributed by atoms with van der Waals surface area (Å²) in [7, 11) is 0. The Morgan fingerprint density at radius 2 is 2.21 bits per heavy atom. The third-order valence-corrected chi connectivity index (χ3v) is 3.62. The van der Waals surface area contributed by atoms with Crippen LogP contribution in [0.4, 0.5) is 5.82 Å². The van der Waals surface area contributed by atoms with Crippen molar-refractivity contribution in [3.63, 3.8) is 0 Å². The molecule has 1 saturated heterocycles. The van der Waals surface area contributed by atoms with Crippen molar-refractivity contribution >= 4 is 5.82 Å². The molecule has 0 bridgehead atoms. The fraction of sp³-hybridized carbons (Fsp3) is 0.643. The van der Waals surface area contributed by atoms with E-state index in [0.717, 1.165) is 50.5 Å². The molecule has 5 heteroatoms. The minimum Gasteiger partial charge on any atom is -0.395 e. The summed E-state index contributed by atoms with van der Waals surface area (Å²) in [6.07, 6.45) is 2.94. The van der Waals surface area contributed by atoms with Crippen LogP contribution in [0.5, 0.6) is 0 Å². The highest BCUT2D eigenvalue weighted by atomic mass is 16.3. The Hall–Kier alpha value is -1.17. The first-order valence-electron chi connectivity index (χ1n) is 7.00. The number of hydrogen-bond acceptors (Lipinski definition) is 5. The zero-order valence-corrected chi connectivity index (χ0v) is 11.6. The lowest BCUT2D eigenvalue weighted by molar-refractivity contribution is 0.204. The van der Waals surface area contributed by atoms with Crippen molar-refractivity contribution < 1.29 is 5.11 Å². The van der Waals surface area contributed by atoms with Crippen molar-refractivity contribution in [1.82, 2.24) is 9.88 Å². The van der Waals surface area contributed by atoms with Crippen molar-refractivity contribution in [1.29, 1.82) is 0 Å². The molecule has 5 nitrogen and oxygen atoms in total. The zero-order valence-electron chi connectivity index (χ0n) is 11.6. The first-order valence-corrected chi connectivity index (χ1v) is 7.00. The summed E-state index contributed by atoms with van der Waals surface area (Å²) >= 11 is 0. The van der Waals surface area contributed by atoms with Gasteiger partial charge in [0.05, 0.1) is 6.61 Å². The molecule has 1 unspecified atom stereocenters. The third-order valence-electron chi connectivity index (χ3n) is 3.62. The molecular weight excluding hydrogens is 240 g/mol. The van der Waals surface area contributed by atoms with Gasteiger partial charge in [0.2, 0.25) is 0 Å². The Kier molecular flexibility index (Phi) is 5.13. The maximum Gasteiger partial charge on any atom is 0.128 e. The van der Waals surface area contributed by atoms with E-state index in [-0.39, 0.29) is 12.6 Å². The van der Waals surface area contributed by atoms with Crippen LogP contribution in [-0.4, -0.2) is 54.3 Å². The molecule has 1 aromatic heterocycles. The van der Waals surface area contributed by atoms with Crippen LogP contribution in [0.1, 0.15) is 24.9 Å². The lowest BCUT2D eigenvalue weighted by atomic mass is 10.1. The molecule has 0 aromatic carbocycles. The second-order valence-corrected chi connectivity index (χ2v) is 5.14. The summed E-state index contributed by atoms with van der Waals surface area (Å²) in [6.45, 7) is 6.98. The van der Waals surface area contributed by atoms with Crippen LogP contribution in [0.15, 0.2) is 18.3 Å². The summed E-state index contributed by atoms with van der Waals surface area (Å²) in [5.41, 5.74) is 7.05. The Bertz CT molecular complexity index is 397. The maximum absolute atomic E-state index is 9.01. The van der Waals surface area contributed by atoms with Crippen LogP contribution in [-0.2, 0) is 0 Å². The Morgan fingerprint density at radius 1 is 1.37 bits per heavy atom. The van der Waals surface area contributed by atoms with E-state index in [1.807, 2.05) is 19.2 Å². The van der Waals surface area contributed by atoms with Gasteiger partial charge in [0.15, 0.2) is 0 Å². The molecule has 1 aliphatic rings. The van der Waals surface area contributed by atoms with E-state index in [4.69, 9.17) is 10.8 Å². The van der Waals surface area contributed by atoms with Gasteiger partial charge in [0.1, 0.15) is 5.82 Å². The van der Waals surface area contributed by atoms with Crippen LogP contribution < -0.4 is 10.6 Å². The van der Waals surface area contributed by atoms with E-state index in [9.17, 15) is 0 Å². The van der Waals surface area contributed by atoms with Gasteiger partial charge in [-0.2, -0.15) is 0 Å². The number of rotatable bonds is 4. The van der Waals surface area contributed by atoms with Gasteiger partial charge in [-0.1, -0.05) is 0 Å². The van der Waals surface area contributed by atoms with E-state index in [2.05, 4.69) is 20.9 Å². The molecule has 0 spiro atoms. The molecule has 1 fully saturated rings. The van der Waals surface area contributed by atoms with Gasteiger partial charge in [0, 0.05) is 38.4 Å². The topological polar surface area (TPSA) is 65.6 Å². The average molecular weight is 264 g/mol. The van der Waals surface area contributed by atoms with Crippen LogP contribution in [0.2, 0.25) is 0 Å². The van der Waals surface area contributed by atoms with E-state index < -0.39 is 0 Å². The normalized spacial score (nSPS) is 19.2. The number of nitrogens with two attached hydrogens (primary N) is 1. The number of nitrogens with zero attached hydrogens (tertiary/aromatic N) is 3. The average Bonchev–Trinajstić information content (AvgIpc) is 2.65. The number of aliphatic hydroxyl groups excluding tert-OH is 1. The predicted octanol–water partition coefficient (Wildman–Crippen LogP) is 0.606. The van der Waals surface area contributed by atoms with Crippen LogP contribution in [0.3, 0.4) is 0 Å². The Morgan fingerprint density at radius 3 is 2.95 bits per heavy atom. The van der Waals surface area contributed by atoms with Gasteiger partial charge in [-0.3, -0.25) is 4.90 Å². The largest absolute Gasteiger partial charge is 0.395 e. The first-order chi connectivity index (χ1) is 9.20. The number of aromatic nitrogens is 1. The van der Waals surface area contributed by atoms with E-state index in [1.165, 1.54) is 0 Å². The van der Waals surface area contributed by atoms with Crippen LogP contribution >= 0.6 is 0 Å². The molecule has 1 aromatic rings. The van der Waals surface area contributed by atoms with Crippen molar-refractivity contribution in [2.75, 3.05) is 44.2 Å². The minimum atomic E-state index is 0.0413. The smallest absolute Gasteiger partial charge is 0.128 e. The second kappa shape index (κ2) is 6.84. The predicted molar refractivity (Wildman–Crippen MR) is 77.2 cm³/mol. The summed E-state index contributed by atoms with van der Waals surface area (Å²) in [5.74, 6) is 1.01. The van der Waals surface area contributed by atoms with Gasteiger partial charge in [-0.15, -0.1) is 0 Å². The lowest BCUT2D eigenvalue weighted by Crippen LogP contribution is -2.32. The van der Waals surface area contributed by atoms with Crippen molar-refractivity contribution in [2.45, 2.75) is 19.4 Å². The standard InChI is InChI=1S/C14H24N4O/c1-12(15)13-3-4-16-14(11-13)18-6-2-5-17(7-8-18)9-10-19/h3-4,11-12,19H,2,5-10,15H2,1H3. The molecule has 1 aliphatic heterocycles. The summed E-state index contributed by atoms with van der Waals surface area (Å²) in [5, 5.41) is 9.01. The molecule has 0 saturated carbocycles. The lowest BCUT2D eigenvalue weighted by Gasteiger charge is -2.23. The second-order valence-electron chi connectivity index (χ2n) is 5.14. The maximum atomic E-state index is 9.01. The highest BCUT2D eigenvalue weighted by Gasteiger charge is 2.16. The molecule has 0 amide bonds. The zero-order chi connectivity index (χ0) is 13.7. The Labute approximate surface area is 115 Å². The molecule has 3 N–H and O–H groups in total. The number of hydrogen-bond donors (Lipinski definition) is 2. The molecule has 0 radical (unpaired) electrons. The highest BCUT2D eigenvalue weighted by molar-refractivity contribution is 5.42. The fourth-order valence-corrected chi connectivity index (χ4v) is 2.46. The van der Waals surface area contributed by atoms with Gasteiger partial charge in [0.25, 0.3) is 0 Å². The van der Waals surface area contributed by atoms with Gasteiger partial charge < -0.3 is 15.7 Å². The van der Waals surface area contributed by atoms with Gasteiger partial charge >= 0.3 is 0 Å². The quantitative estimate of drug-likeness (QED) is 0.834. The van der Waals surface area contributed by atoms with Crippen molar-refractivity contribution in [2.24, 2.45) is 5.73 Å². The molecule has 0 aliphatic carbocycles. The van der Waals surface area contributed by atoms with Crippen LogP contribution in [0, 0.1) is 0 Å². The number of β-amino-alcohol motifs (C(OH)–C–C–N with tert-alkyl or cyclic N) is 1. The van der Waals surface area contributed by atoms with E-state index in [0.29, 0.717) is 0 Å². The van der Waals surface area contributed by atoms with Crippen LogP contribution in [0.25, 0.3) is 0 Å². The van der Waals surface area contributed by atoms with E-state index >= 15 is 0 Å². The van der Waals surface area contributed by atoms with E-state index in [1.54, 1.807) is 0 Å². The number of aliphatic hydroxyl groups is 1. The van der Waals surface area contributed by atoms with Gasteiger partial charge in [-0.25, -0.2) is 4.98 Å². The molecule has 19 heavy (non-hydrogen) atoms. The van der Waals surface area contributed by atoms with Crippen molar-refractivity contribution in [3.8, 4) is 0 Å². The highest BCUT2D eigenvalue weighted by Crippen LogP contribution is 2.18. The molecule has 2 rings (SSSR count). The molecular formula is C14H24N4O. The summed E-state index contributed by atoms with van der Waals surface area (Å²) < 4.78 is 0. The third kappa shape index (κ3) is 3.89. The van der Waals surface area contributed by atoms with Crippen molar-refractivity contribution in [3.05, 3.63) is 23.9 Å². The monoisotopic (exact) mass is 264 g/mol. The number of anilines is 1. The summed E-state index contributed by atoms with van der Waals surface area (Å²) in [6, 6.07) is 4.11. The first kappa shape index (κ1) is 14.2. The Balaban J connectivity index is 2.03. The molecule has 2 heterocycles. The minimum absolute atomic E-state index is 0.0413. The molecule has 1 atom stereocenters. The number of pyridine rings is 1. The molecule has 106 valence electrons. The summed E-state index contributed by atoms with van der Waals surface area (Å²) in [4.78, 5) is 9.07. The fourth-order valence-electron chi connectivity index (χ4n) is 2.46. The van der Waals surface area contributed by atoms with Gasteiger partial charge in [-0.05, 0) is 37.6 Å².